The van der Waals surface area contributed by atoms with E-state index in [1.807, 2.05) is 24.3 Å². The van der Waals surface area contributed by atoms with Crippen LogP contribution in [0.4, 0.5) is 0 Å². The van der Waals surface area contributed by atoms with Crippen LogP contribution in [0.2, 0.25) is 5.02 Å². The molecule has 0 amide bonds. The Bertz CT molecular complexity index is 533. The predicted molar refractivity (Wildman–Crippen MR) is 83.4 cm³/mol. The maximum Gasteiger partial charge on any atom is 0.147 e. The van der Waals surface area contributed by atoms with Gasteiger partial charge in [-0.2, -0.15) is 0 Å². The van der Waals surface area contributed by atoms with Gasteiger partial charge in [0.2, 0.25) is 0 Å². The molecular weight excluding hydrogens is 294 g/mol. The van der Waals surface area contributed by atoms with Crippen LogP contribution in [0.25, 0.3) is 10.6 Å². The summed E-state index contributed by atoms with van der Waals surface area (Å²) in [7, 11) is 1.71. The van der Waals surface area contributed by atoms with Gasteiger partial charge in [0.1, 0.15) is 10.0 Å². The van der Waals surface area contributed by atoms with Crippen molar-refractivity contribution in [3.05, 3.63) is 34.3 Å². The number of aryl methyl sites for hydroxylation is 1. The van der Waals surface area contributed by atoms with E-state index >= 15 is 0 Å². The molecule has 0 fully saturated rings. The molecule has 0 spiro atoms. The fourth-order valence-corrected chi connectivity index (χ4v) is 2.82. The monoisotopic (exact) mass is 311 g/mol. The highest BCUT2D eigenvalue weighted by Gasteiger charge is 2.06. The number of hydrogen-bond donors (Lipinski definition) is 1. The van der Waals surface area contributed by atoms with Crippen LogP contribution in [0.3, 0.4) is 0 Å². The first-order valence-corrected chi connectivity index (χ1v) is 7.77. The molecule has 0 unspecified atom stereocenters. The first kappa shape index (κ1) is 15.4. The van der Waals surface area contributed by atoms with Crippen molar-refractivity contribution >= 4 is 22.9 Å². The fourth-order valence-electron chi connectivity index (χ4n) is 1.76. The van der Waals surface area contributed by atoms with Gasteiger partial charge < -0.3 is 10.1 Å². The Morgan fingerprint density at radius 1 is 1.30 bits per heavy atom. The molecule has 4 nitrogen and oxygen atoms in total. The third kappa shape index (κ3) is 4.83. The maximum absolute atomic E-state index is 5.98. The molecule has 0 saturated carbocycles. The van der Waals surface area contributed by atoms with Crippen LogP contribution >= 0.6 is 22.9 Å². The van der Waals surface area contributed by atoms with Gasteiger partial charge in [-0.05, 0) is 25.1 Å². The molecule has 1 N–H and O–H groups in total. The minimum Gasteiger partial charge on any atom is -0.383 e. The zero-order valence-electron chi connectivity index (χ0n) is 11.4. The minimum absolute atomic E-state index is 0.724. The van der Waals surface area contributed by atoms with Crippen molar-refractivity contribution in [2.24, 2.45) is 0 Å². The van der Waals surface area contributed by atoms with Gasteiger partial charge in [0.15, 0.2) is 0 Å². The van der Waals surface area contributed by atoms with Gasteiger partial charge in [-0.25, -0.2) is 0 Å². The van der Waals surface area contributed by atoms with E-state index in [4.69, 9.17) is 16.3 Å². The SMILES string of the molecule is COCCNCCCc1nnc(-c2cccc(Cl)c2)s1. The average Bonchev–Trinajstić information content (AvgIpc) is 2.91. The summed E-state index contributed by atoms with van der Waals surface area (Å²) in [5.74, 6) is 0. The highest BCUT2D eigenvalue weighted by atomic mass is 35.5. The van der Waals surface area contributed by atoms with Crippen molar-refractivity contribution in [3.8, 4) is 10.6 Å². The summed E-state index contributed by atoms with van der Waals surface area (Å²) in [5.41, 5.74) is 1.03. The molecule has 108 valence electrons. The Hall–Kier alpha value is -1.01. The molecule has 0 bridgehead atoms. The molecule has 20 heavy (non-hydrogen) atoms. The molecule has 2 aromatic rings. The number of rotatable bonds is 8. The van der Waals surface area contributed by atoms with Crippen LogP contribution in [-0.4, -0.2) is 37.0 Å². The number of aromatic nitrogens is 2. The topological polar surface area (TPSA) is 47.0 Å². The van der Waals surface area contributed by atoms with Crippen molar-refractivity contribution in [2.75, 3.05) is 26.8 Å². The average molecular weight is 312 g/mol. The Morgan fingerprint density at radius 3 is 3.00 bits per heavy atom. The van der Waals surface area contributed by atoms with Gasteiger partial charge in [-0.15, -0.1) is 10.2 Å². The van der Waals surface area contributed by atoms with Crippen LogP contribution in [0.15, 0.2) is 24.3 Å². The predicted octanol–water partition coefficient (Wildman–Crippen LogP) is 3.03. The molecule has 0 aliphatic carbocycles. The Kier molecular flexibility index (Phi) is 6.39. The van der Waals surface area contributed by atoms with E-state index in [1.165, 1.54) is 0 Å². The van der Waals surface area contributed by atoms with Crippen molar-refractivity contribution in [1.29, 1.82) is 0 Å². The fraction of sp³-hybridized carbons (Fsp3) is 0.429. The van der Waals surface area contributed by atoms with Crippen LogP contribution in [0.5, 0.6) is 0 Å². The van der Waals surface area contributed by atoms with Gasteiger partial charge in [0.25, 0.3) is 0 Å². The highest BCUT2D eigenvalue weighted by molar-refractivity contribution is 7.14. The van der Waals surface area contributed by atoms with Gasteiger partial charge in [-0.3, -0.25) is 0 Å². The number of benzene rings is 1. The van der Waals surface area contributed by atoms with Gasteiger partial charge >= 0.3 is 0 Å². The second kappa shape index (κ2) is 8.32. The van der Waals surface area contributed by atoms with E-state index in [0.29, 0.717) is 0 Å². The number of nitrogens with zero attached hydrogens (tertiary/aromatic N) is 2. The summed E-state index contributed by atoms with van der Waals surface area (Å²) in [6.07, 6.45) is 1.99. The number of nitrogens with one attached hydrogen (secondary N) is 1. The number of ether oxygens (including phenoxy) is 1. The normalized spacial score (nSPS) is 10.9. The van der Waals surface area contributed by atoms with E-state index in [2.05, 4.69) is 15.5 Å². The number of halogens is 1. The molecular formula is C14H18ClN3OS. The molecule has 2 rings (SSSR count). The quantitative estimate of drug-likeness (QED) is 0.761. The maximum atomic E-state index is 5.98. The van der Waals surface area contributed by atoms with Gasteiger partial charge in [-0.1, -0.05) is 35.1 Å². The van der Waals surface area contributed by atoms with Crippen molar-refractivity contribution in [2.45, 2.75) is 12.8 Å². The zero-order valence-corrected chi connectivity index (χ0v) is 13.0. The minimum atomic E-state index is 0.724. The molecule has 1 heterocycles. The molecule has 0 radical (unpaired) electrons. The lowest BCUT2D eigenvalue weighted by atomic mass is 10.2. The third-order valence-electron chi connectivity index (χ3n) is 2.77. The van der Waals surface area contributed by atoms with E-state index < -0.39 is 0 Å². The van der Waals surface area contributed by atoms with E-state index in [9.17, 15) is 0 Å². The summed E-state index contributed by atoms with van der Waals surface area (Å²) in [6.45, 7) is 2.60. The lowest BCUT2D eigenvalue weighted by Gasteiger charge is -2.01. The molecule has 0 atom stereocenters. The van der Waals surface area contributed by atoms with E-state index in [0.717, 1.165) is 53.1 Å². The number of methoxy groups -OCH3 is 1. The standard InChI is InChI=1S/C14H18ClN3OS/c1-19-9-8-16-7-3-6-13-17-18-14(20-13)11-4-2-5-12(15)10-11/h2,4-5,10,16H,3,6-9H2,1H3. The van der Waals surface area contributed by atoms with Gasteiger partial charge in [0.05, 0.1) is 6.61 Å². The first-order chi connectivity index (χ1) is 9.79. The first-order valence-electron chi connectivity index (χ1n) is 6.57. The zero-order chi connectivity index (χ0) is 14.2. The third-order valence-corrected chi connectivity index (χ3v) is 4.03. The van der Waals surface area contributed by atoms with Crippen LogP contribution in [0.1, 0.15) is 11.4 Å². The largest absolute Gasteiger partial charge is 0.383 e. The second-order valence-electron chi connectivity index (χ2n) is 4.36. The number of hydrogen-bond acceptors (Lipinski definition) is 5. The smallest absolute Gasteiger partial charge is 0.147 e. The molecule has 6 heteroatoms. The van der Waals surface area contributed by atoms with Crippen LogP contribution in [0, 0.1) is 0 Å². The molecule has 1 aromatic carbocycles. The summed E-state index contributed by atoms with van der Waals surface area (Å²) in [6, 6.07) is 7.71. The van der Waals surface area contributed by atoms with Crippen LogP contribution in [-0.2, 0) is 11.2 Å². The van der Waals surface area contributed by atoms with E-state index in [-0.39, 0.29) is 0 Å². The Morgan fingerprint density at radius 2 is 2.20 bits per heavy atom. The lowest BCUT2D eigenvalue weighted by Crippen LogP contribution is -2.20. The highest BCUT2D eigenvalue weighted by Crippen LogP contribution is 2.26. The van der Waals surface area contributed by atoms with Crippen molar-refractivity contribution in [1.82, 2.24) is 15.5 Å². The molecule has 0 aliphatic rings. The van der Waals surface area contributed by atoms with E-state index in [1.54, 1.807) is 18.4 Å². The Balaban J connectivity index is 1.80. The van der Waals surface area contributed by atoms with Crippen molar-refractivity contribution < 1.29 is 4.74 Å². The van der Waals surface area contributed by atoms with Crippen LogP contribution < -0.4 is 5.32 Å². The summed E-state index contributed by atoms with van der Waals surface area (Å²) in [5, 5.41) is 14.5. The Labute approximate surface area is 128 Å². The summed E-state index contributed by atoms with van der Waals surface area (Å²) < 4.78 is 4.98. The molecule has 1 aromatic heterocycles. The van der Waals surface area contributed by atoms with Gasteiger partial charge in [0, 0.05) is 30.7 Å². The summed E-state index contributed by atoms with van der Waals surface area (Å²) >= 11 is 7.61. The second-order valence-corrected chi connectivity index (χ2v) is 5.86. The molecule has 0 aliphatic heterocycles. The summed E-state index contributed by atoms with van der Waals surface area (Å²) in [4.78, 5) is 0. The molecule has 0 saturated heterocycles. The lowest BCUT2D eigenvalue weighted by molar-refractivity contribution is 0.199. The van der Waals surface area contributed by atoms with Crippen molar-refractivity contribution in [3.63, 3.8) is 0 Å².